The van der Waals surface area contributed by atoms with Crippen molar-refractivity contribution in [1.82, 2.24) is 4.98 Å². The Morgan fingerprint density at radius 1 is 1.37 bits per heavy atom. The third-order valence-corrected chi connectivity index (χ3v) is 3.60. The first-order chi connectivity index (χ1) is 9.24. The van der Waals surface area contributed by atoms with Gasteiger partial charge in [-0.3, -0.25) is 4.79 Å². The van der Waals surface area contributed by atoms with Crippen molar-refractivity contribution >= 4 is 5.97 Å². The molecule has 0 aliphatic heterocycles. The Morgan fingerprint density at radius 2 is 2.11 bits per heavy atom. The van der Waals surface area contributed by atoms with Gasteiger partial charge in [-0.1, -0.05) is 12.1 Å². The summed E-state index contributed by atoms with van der Waals surface area (Å²) in [7, 11) is 0. The van der Waals surface area contributed by atoms with Crippen LogP contribution in [0.3, 0.4) is 0 Å². The van der Waals surface area contributed by atoms with Crippen LogP contribution in [0.1, 0.15) is 30.7 Å². The zero-order chi connectivity index (χ0) is 13.2. The van der Waals surface area contributed by atoms with E-state index in [1.54, 1.807) is 12.5 Å². The predicted molar refractivity (Wildman–Crippen MR) is 69.7 cm³/mol. The first-order valence-electron chi connectivity index (χ1n) is 6.45. The van der Waals surface area contributed by atoms with E-state index in [0.29, 0.717) is 11.8 Å². The molecule has 3 rings (SSSR count). The van der Waals surface area contributed by atoms with Gasteiger partial charge in [0, 0.05) is 5.56 Å². The van der Waals surface area contributed by atoms with Gasteiger partial charge in [0.15, 0.2) is 0 Å². The van der Waals surface area contributed by atoms with Gasteiger partial charge in [-0.25, -0.2) is 4.98 Å². The molecule has 0 saturated heterocycles. The van der Waals surface area contributed by atoms with E-state index < -0.39 is 5.97 Å². The highest BCUT2D eigenvalue weighted by Crippen LogP contribution is 2.44. The molecule has 1 heterocycles. The van der Waals surface area contributed by atoms with Gasteiger partial charge in [0.05, 0.1) is 12.6 Å². The largest absolute Gasteiger partial charge is 0.481 e. The molecule has 2 aromatic rings. The van der Waals surface area contributed by atoms with Crippen LogP contribution in [0.5, 0.6) is 0 Å². The fraction of sp³-hybridized carbons (Fsp3) is 0.333. The second-order valence-corrected chi connectivity index (χ2v) is 5.00. The minimum absolute atomic E-state index is 0.135. The minimum atomic E-state index is -0.728. The van der Waals surface area contributed by atoms with Crippen LogP contribution < -0.4 is 0 Å². The number of benzene rings is 1. The van der Waals surface area contributed by atoms with Crippen molar-refractivity contribution in [1.29, 1.82) is 0 Å². The lowest BCUT2D eigenvalue weighted by atomic mass is 9.90. The van der Waals surface area contributed by atoms with Crippen LogP contribution in [-0.4, -0.2) is 16.1 Å². The number of aliphatic carboxylic acids is 1. The van der Waals surface area contributed by atoms with Gasteiger partial charge < -0.3 is 9.52 Å². The van der Waals surface area contributed by atoms with Crippen molar-refractivity contribution in [3.05, 3.63) is 42.3 Å². The second kappa shape index (κ2) is 4.88. The second-order valence-electron chi connectivity index (χ2n) is 5.00. The van der Waals surface area contributed by atoms with Gasteiger partial charge in [-0.05, 0) is 42.4 Å². The SMILES string of the molecule is O=C(O)CC(c1ccc(-c2ncco2)cc1)C1CC1. The van der Waals surface area contributed by atoms with Crippen molar-refractivity contribution in [3.63, 3.8) is 0 Å². The van der Waals surface area contributed by atoms with Gasteiger partial charge in [-0.15, -0.1) is 0 Å². The van der Waals surface area contributed by atoms with E-state index in [2.05, 4.69) is 4.98 Å². The zero-order valence-corrected chi connectivity index (χ0v) is 10.5. The van der Waals surface area contributed by atoms with Crippen LogP contribution >= 0.6 is 0 Å². The summed E-state index contributed by atoms with van der Waals surface area (Å²) in [5, 5.41) is 9.00. The molecule has 19 heavy (non-hydrogen) atoms. The molecule has 1 saturated carbocycles. The third kappa shape index (κ3) is 2.67. The van der Waals surface area contributed by atoms with Crippen LogP contribution in [0.15, 0.2) is 41.1 Å². The molecule has 1 N–H and O–H groups in total. The maximum Gasteiger partial charge on any atom is 0.303 e. The molecule has 1 atom stereocenters. The van der Waals surface area contributed by atoms with Gasteiger partial charge in [0.1, 0.15) is 6.26 Å². The summed E-state index contributed by atoms with van der Waals surface area (Å²) in [6, 6.07) is 7.87. The number of rotatable bonds is 5. The summed E-state index contributed by atoms with van der Waals surface area (Å²) in [5.74, 6) is 0.529. The molecule has 1 aliphatic rings. The quantitative estimate of drug-likeness (QED) is 0.892. The lowest BCUT2D eigenvalue weighted by Gasteiger charge is -2.14. The smallest absolute Gasteiger partial charge is 0.303 e. The molecule has 0 spiro atoms. The Morgan fingerprint density at radius 3 is 2.63 bits per heavy atom. The monoisotopic (exact) mass is 257 g/mol. The Labute approximate surface area is 111 Å². The predicted octanol–water partition coefficient (Wildman–Crippen LogP) is 3.31. The van der Waals surface area contributed by atoms with E-state index in [-0.39, 0.29) is 12.3 Å². The lowest BCUT2D eigenvalue weighted by Crippen LogP contribution is -2.08. The number of aromatic nitrogens is 1. The fourth-order valence-corrected chi connectivity index (χ4v) is 2.48. The molecule has 4 nitrogen and oxygen atoms in total. The zero-order valence-electron chi connectivity index (χ0n) is 10.5. The van der Waals surface area contributed by atoms with Crippen molar-refractivity contribution < 1.29 is 14.3 Å². The molecule has 1 unspecified atom stereocenters. The molecule has 1 aliphatic carbocycles. The maximum atomic E-state index is 10.9. The normalized spacial score (nSPS) is 16.2. The van der Waals surface area contributed by atoms with Crippen molar-refractivity contribution in [3.8, 4) is 11.5 Å². The molecule has 1 aromatic carbocycles. The number of nitrogens with zero attached hydrogens (tertiary/aromatic N) is 1. The van der Waals surface area contributed by atoms with Gasteiger partial charge in [0.2, 0.25) is 5.89 Å². The Bertz CT molecular complexity index is 556. The Hall–Kier alpha value is -2.10. The van der Waals surface area contributed by atoms with Crippen LogP contribution in [0.25, 0.3) is 11.5 Å². The number of carbonyl (C=O) groups is 1. The van der Waals surface area contributed by atoms with Gasteiger partial charge >= 0.3 is 5.97 Å². The Kier molecular flexibility index (Phi) is 3.07. The van der Waals surface area contributed by atoms with Crippen LogP contribution in [0.4, 0.5) is 0 Å². The first-order valence-corrected chi connectivity index (χ1v) is 6.45. The van der Waals surface area contributed by atoms with Crippen LogP contribution in [-0.2, 0) is 4.79 Å². The Balaban J connectivity index is 1.82. The maximum absolute atomic E-state index is 10.9. The molecule has 0 bridgehead atoms. The molecule has 0 amide bonds. The van der Waals surface area contributed by atoms with Crippen LogP contribution in [0, 0.1) is 5.92 Å². The number of carboxylic acids is 1. The third-order valence-electron chi connectivity index (χ3n) is 3.60. The van der Waals surface area contributed by atoms with E-state index in [1.165, 1.54) is 0 Å². The number of hydrogen-bond donors (Lipinski definition) is 1. The molecular weight excluding hydrogens is 242 g/mol. The number of carboxylic acid groups (broad SMARTS) is 1. The molecule has 1 fully saturated rings. The van der Waals surface area contributed by atoms with E-state index in [4.69, 9.17) is 9.52 Å². The van der Waals surface area contributed by atoms with E-state index in [1.807, 2.05) is 24.3 Å². The van der Waals surface area contributed by atoms with E-state index in [9.17, 15) is 4.79 Å². The van der Waals surface area contributed by atoms with Gasteiger partial charge in [0.25, 0.3) is 0 Å². The summed E-state index contributed by atoms with van der Waals surface area (Å²) in [4.78, 5) is 15.0. The minimum Gasteiger partial charge on any atom is -0.481 e. The molecular formula is C15H15NO3. The first kappa shape index (κ1) is 12.0. The average molecular weight is 257 g/mol. The van der Waals surface area contributed by atoms with E-state index >= 15 is 0 Å². The molecule has 0 radical (unpaired) electrons. The summed E-state index contributed by atoms with van der Waals surface area (Å²) in [6.45, 7) is 0. The highest BCUT2D eigenvalue weighted by atomic mass is 16.4. The molecule has 1 aromatic heterocycles. The van der Waals surface area contributed by atoms with E-state index in [0.717, 1.165) is 24.0 Å². The topological polar surface area (TPSA) is 63.3 Å². The standard InChI is InChI=1S/C15H15NO3/c17-14(18)9-13(10-1-2-10)11-3-5-12(6-4-11)15-16-7-8-19-15/h3-8,10,13H,1-2,9H2,(H,17,18). The highest BCUT2D eigenvalue weighted by Gasteiger charge is 2.33. The van der Waals surface area contributed by atoms with Crippen molar-refractivity contribution in [2.45, 2.75) is 25.2 Å². The average Bonchev–Trinajstić information content (AvgIpc) is 3.10. The highest BCUT2D eigenvalue weighted by molar-refractivity contribution is 5.68. The fourth-order valence-electron chi connectivity index (χ4n) is 2.48. The van der Waals surface area contributed by atoms with Crippen molar-refractivity contribution in [2.75, 3.05) is 0 Å². The summed E-state index contributed by atoms with van der Waals surface area (Å²) < 4.78 is 5.24. The number of oxazole rings is 1. The summed E-state index contributed by atoms with van der Waals surface area (Å²) in [6.07, 6.45) is 5.64. The lowest BCUT2D eigenvalue weighted by molar-refractivity contribution is -0.137. The summed E-state index contributed by atoms with van der Waals surface area (Å²) in [5.41, 5.74) is 2.01. The molecule has 98 valence electrons. The van der Waals surface area contributed by atoms with Gasteiger partial charge in [-0.2, -0.15) is 0 Å². The van der Waals surface area contributed by atoms with Crippen molar-refractivity contribution in [2.24, 2.45) is 5.92 Å². The molecule has 4 heteroatoms. The summed E-state index contributed by atoms with van der Waals surface area (Å²) >= 11 is 0. The van der Waals surface area contributed by atoms with Crippen LogP contribution in [0.2, 0.25) is 0 Å². The number of hydrogen-bond acceptors (Lipinski definition) is 3.